The third-order valence-corrected chi connectivity index (χ3v) is 9.67. The number of esters is 2. The molecule has 16 heteroatoms. The van der Waals surface area contributed by atoms with Crippen LogP contribution in [0.15, 0.2) is 24.3 Å². The molecule has 0 aromatic rings. The van der Waals surface area contributed by atoms with Gasteiger partial charge in [0.05, 0.1) is 19.8 Å². The number of aliphatic hydroxyl groups is 1. The summed E-state index contributed by atoms with van der Waals surface area (Å²) in [5.41, 5.74) is 0. The number of carbonyl (C=O) groups excluding carboxylic acids is 3. The molecule has 0 aliphatic carbocycles. The first kappa shape index (κ1) is 52.3. The van der Waals surface area contributed by atoms with Crippen molar-refractivity contribution in [3.63, 3.8) is 0 Å². The van der Waals surface area contributed by atoms with E-state index in [1.165, 1.54) is 25.7 Å². The van der Waals surface area contributed by atoms with Crippen molar-refractivity contribution in [2.24, 2.45) is 5.92 Å². The number of aliphatic hydroxyl groups excluding tert-OH is 1. The maximum atomic E-state index is 12.6. The van der Waals surface area contributed by atoms with E-state index < -0.39 is 66.2 Å². The molecule has 0 saturated carbocycles. The highest BCUT2D eigenvalue weighted by Crippen LogP contribution is 2.43. The van der Waals surface area contributed by atoms with Gasteiger partial charge in [-0.15, -0.1) is 0 Å². The molecular formula is C38H70O14P2. The van der Waals surface area contributed by atoms with Crippen molar-refractivity contribution in [3.8, 4) is 0 Å². The second-order valence-electron chi connectivity index (χ2n) is 14.1. The van der Waals surface area contributed by atoms with Crippen LogP contribution in [0.4, 0.5) is 0 Å². The lowest BCUT2D eigenvalue weighted by molar-refractivity contribution is -0.161. The average Bonchev–Trinajstić information content (AvgIpc) is 3.10. The second-order valence-corrected chi connectivity index (χ2v) is 16.8. The monoisotopic (exact) mass is 812 g/mol. The Kier molecular flexibility index (Phi) is 32.3. The molecule has 4 N–H and O–H groups in total. The molecule has 316 valence electrons. The number of rotatable bonds is 37. The standard InChI is InChI=1S/C38H70O14P2/c1-4-5-19-25-34(39)26-21-16-12-7-6-8-13-17-22-27-37(41)48-31-36(32-51-54(46,47)50-30-35(40)29-49-53(43,44)45)52-38(42)28-23-18-14-10-9-11-15-20-24-33(2)3/h12,16,21,26,33,35-36,40H,4-11,13-15,17-20,22-25,27-32H2,1-3H3,(H,46,47)(H2,43,44,45)/b16-12-,26-21+/t35-,36+/m0/s1. The van der Waals surface area contributed by atoms with Crippen LogP contribution in [0.3, 0.4) is 0 Å². The van der Waals surface area contributed by atoms with E-state index in [9.17, 15) is 33.5 Å². The summed E-state index contributed by atoms with van der Waals surface area (Å²) in [6.07, 6.45) is 23.3. The number of ketones is 1. The van der Waals surface area contributed by atoms with E-state index in [-0.39, 0.29) is 18.6 Å². The molecule has 0 aliphatic heterocycles. The van der Waals surface area contributed by atoms with Crippen LogP contribution in [0.1, 0.15) is 156 Å². The van der Waals surface area contributed by atoms with Gasteiger partial charge >= 0.3 is 27.6 Å². The van der Waals surface area contributed by atoms with E-state index >= 15 is 0 Å². The zero-order valence-electron chi connectivity index (χ0n) is 33.0. The summed E-state index contributed by atoms with van der Waals surface area (Å²) in [6.45, 7) is 3.79. The average molecular weight is 813 g/mol. The summed E-state index contributed by atoms with van der Waals surface area (Å²) >= 11 is 0. The Bertz CT molecular complexity index is 1140. The van der Waals surface area contributed by atoms with Gasteiger partial charge in [-0.2, -0.15) is 0 Å². The van der Waals surface area contributed by atoms with Crippen LogP contribution >= 0.6 is 15.6 Å². The number of ether oxygens (including phenoxy) is 2. The van der Waals surface area contributed by atoms with Crippen molar-refractivity contribution < 1.29 is 66.3 Å². The number of hydrogen-bond acceptors (Lipinski definition) is 11. The van der Waals surface area contributed by atoms with E-state index in [2.05, 4.69) is 29.8 Å². The Morgan fingerprint density at radius 2 is 1.17 bits per heavy atom. The Labute approximate surface area is 323 Å². The molecule has 0 saturated heterocycles. The van der Waals surface area contributed by atoms with Crippen LogP contribution < -0.4 is 0 Å². The van der Waals surface area contributed by atoms with Crippen molar-refractivity contribution in [3.05, 3.63) is 24.3 Å². The molecule has 1 unspecified atom stereocenters. The van der Waals surface area contributed by atoms with Gasteiger partial charge in [0.15, 0.2) is 11.9 Å². The minimum Gasteiger partial charge on any atom is -0.462 e. The fraction of sp³-hybridized carbons (Fsp3) is 0.816. The third-order valence-electron chi connectivity index (χ3n) is 8.24. The molecule has 0 rings (SSSR count). The highest BCUT2D eigenvalue weighted by atomic mass is 31.2. The number of carbonyl (C=O) groups is 3. The lowest BCUT2D eigenvalue weighted by Crippen LogP contribution is -2.30. The normalized spacial score (nSPS) is 14.4. The molecule has 54 heavy (non-hydrogen) atoms. The number of phosphoric acid groups is 2. The molecular weight excluding hydrogens is 742 g/mol. The molecule has 0 aromatic carbocycles. The van der Waals surface area contributed by atoms with Crippen LogP contribution in [0, 0.1) is 5.92 Å². The summed E-state index contributed by atoms with van der Waals surface area (Å²) in [7, 11) is -9.68. The smallest absolute Gasteiger partial charge is 0.462 e. The highest BCUT2D eigenvalue weighted by molar-refractivity contribution is 7.47. The van der Waals surface area contributed by atoms with Gasteiger partial charge in [0.25, 0.3) is 0 Å². The molecule has 0 amide bonds. The molecule has 0 aliphatic rings. The van der Waals surface area contributed by atoms with Crippen LogP contribution in [0.25, 0.3) is 0 Å². The van der Waals surface area contributed by atoms with E-state index in [1.807, 2.05) is 12.2 Å². The lowest BCUT2D eigenvalue weighted by Gasteiger charge is -2.20. The first-order chi connectivity index (χ1) is 25.6. The summed E-state index contributed by atoms with van der Waals surface area (Å²) in [4.78, 5) is 64.2. The molecule has 0 bridgehead atoms. The largest absolute Gasteiger partial charge is 0.472 e. The summed E-state index contributed by atoms with van der Waals surface area (Å²) in [5, 5.41) is 9.71. The Morgan fingerprint density at radius 1 is 0.630 bits per heavy atom. The van der Waals surface area contributed by atoms with Crippen molar-refractivity contribution in [1.29, 1.82) is 0 Å². The van der Waals surface area contributed by atoms with Gasteiger partial charge in [-0.05, 0) is 44.1 Å². The van der Waals surface area contributed by atoms with E-state index in [1.54, 1.807) is 12.2 Å². The van der Waals surface area contributed by atoms with Crippen LogP contribution in [-0.4, -0.2) is 76.1 Å². The number of unbranched alkanes of at least 4 members (excludes halogenated alkanes) is 14. The molecule has 0 fully saturated rings. The van der Waals surface area contributed by atoms with Gasteiger partial charge in [0.2, 0.25) is 0 Å². The molecule has 3 atom stereocenters. The number of phosphoric ester groups is 2. The van der Waals surface area contributed by atoms with Crippen molar-refractivity contribution in [2.75, 3.05) is 26.4 Å². The molecule has 0 radical (unpaired) electrons. The van der Waals surface area contributed by atoms with Gasteiger partial charge in [-0.25, -0.2) is 9.13 Å². The van der Waals surface area contributed by atoms with Crippen LogP contribution in [0.5, 0.6) is 0 Å². The molecule has 0 aromatic heterocycles. The van der Waals surface area contributed by atoms with E-state index in [0.717, 1.165) is 83.0 Å². The fourth-order valence-electron chi connectivity index (χ4n) is 5.16. The van der Waals surface area contributed by atoms with Crippen LogP contribution in [-0.2, 0) is 46.6 Å². The van der Waals surface area contributed by atoms with E-state index in [0.29, 0.717) is 19.3 Å². The van der Waals surface area contributed by atoms with Gasteiger partial charge < -0.3 is 29.3 Å². The zero-order valence-corrected chi connectivity index (χ0v) is 34.8. The predicted octanol–water partition coefficient (Wildman–Crippen LogP) is 8.59. The predicted molar refractivity (Wildman–Crippen MR) is 207 cm³/mol. The maximum absolute atomic E-state index is 12.6. The van der Waals surface area contributed by atoms with Crippen molar-refractivity contribution in [1.82, 2.24) is 0 Å². The Morgan fingerprint density at radius 3 is 1.78 bits per heavy atom. The topological polar surface area (TPSA) is 212 Å². The first-order valence-corrected chi connectivity index (χ1v) is 22.9. The van der Waals surface area contributed by atoms with Gasteiger partial charge in [0.1, 0.15) is 12.7 Å². The third kappa shape index (κ3) is 37.2. The number of allylic oxidation sites excluding steroid dienone is 4. The highest BCUT2D eigenvalue weighted by Gasteiger charge is 2.28. The van der Waals surface area contributed by atoms with Crippen molar-refractivity contribution >= 4 is 33.4 Å². The lowest BCUT2D eigenvalue weighted by atomic mass is 10.0. The van der Waals surface area contributed by atoms with Crippen LogP contribution in [0.2, 0.25) is 0 Å². The molecule has 0 spiro atoms. The number of hydrogen-bond donors (Lipinski definition) is 4. The fourth-order valence-corrected chi connectivity index (χ4v) is 6.32. The quantitative estimate of drug-likeness (QED) is 0.0152. The van der Waals surface area contributed by atoms with Gasteiger partial charge in [-0.3, -0.25) is 28.0 Å². The minimum absolute atomic E-state index is 0.114. The van der Waals surface area contributed by atoms with Crippen molar-refractivity contribution in [2.45, 2.75) is 168 Å². The van der Waals surface area contributed by atoms with Gasteiger partial charge in [0, 0.05) is 19.3 Å². The Balaban J connectivity index is 4.61. The summed E-state index contributed by atoms with van der Waals surface area (Å²) in [6, 6.07) is 0. The maximum Gasteiger partial charge on any atom is 0.472 e. The second kappa shape index (κ2) is 33.4. The minimum atomic E-state index is -4.87. The zero-order chi connectivity index (χ0) is 40.5. The molecule has 0 heterocycles. The molecule has 14 nitrogen and oxygen atoms in total. The SMILES string of the molecule is CCCCCC(=O)/C=C/C=C\CCCCCCCC(=O)OC[C@H](COP(=O)(O)OC[C@@H](O)COP(=O)(O)O)OC(=O)CCCCCCCCCCC(C)C. The summed E-state index contributed by atoms with van der Waals surface area (Å²) in [5.74, 6) is -0.214. The summed E-state index contributed by atoms with van der Waals surface area (Å²) < 4.78 is 47.5. The Hall–Kier alpha value is -1.73. The van der Waals surface area contributed by atoms with Gasteiger partial charge in [-0.1, -0.05) is 122 Å². The van der Waals surface area contributed by atoms with E-state index in [4.69, 9.17) is 23.8 Å². The first-order valence-electron chi connectivity index (χ1n) is 19.8.